The summed E-state index contributed by atoms with van der Waals surface area (Å²) in [4.78, 5) is 6.46. The zero-order valence-corrected chi connectivity index (χ0v) is 16.9. The van der Waals surface area contributed by atoms with Crippen molar-refractivity contribution in [3.8, 4) is 16.9 Å². The first-order valence-corrected chi connectivity index (χ1v) is 9.96. The van der Waals surface area contributed by atoms with Gasteiger partial charge in [-0.2, -0.15) is 26.3 Å². The second-order valence-corrected chi connectivity index (χ2v) is 7.52. The third-order valence-electron chi connectivity index (χ3n) is 4.90. The van der Waals surface area contributed by atoms with E-state index in [9.17, 15) is 26.3 Å². The van der Waals surface area contributed by atoms with E-state index in [2.05, 4.69) is 9.97 Å². The molecule has 1 aliphatic carbocycles. The van der Waals surface area contributed by atoms with Gasteiger partial charge in [0.05, 0.1) is 6.10 Å². The van der Waals surface area contributed by atoms with E-state index in [0.717, 1.165) is 31.9 Å². The second kappa shape index (κ2) is 9.80. The number of pyridine rings is 1. The van der Waals surface area contributed by atoms with Crippen molar-refractivity contribution in [1.82, 2.24) is 9.97 Å². The molecule has 4 rings (SSSR count). The zero-order valence-electron chi connectivity index (χ0n) is 16.2. The first-order chi connectivity index (χ1) is 14.6. The minimum absolute atomic E-state index is 0.0379. The van der Waals surface area contributed by atoms with Gasteiger partial charge in [0.25, 0.3) is 0 Å². The molecule has 0 spiro atoms. The first-order valence-electron chi connectivity index (χ1n) is 9.58. The van der Waals surface area contributed by atoms with Gasteiger partial charge in [-0.05, 0) is 55.5 Å². The van der Waals surface area contributed by atoms with Crippen molar-refractivity contribution >= 4 is 22.5 Å². The lowest BCUT2D eigenvalue weighted by molar-refractivity contribution is -0.139. The summed E-state index contributed by atoms with van der Waals surface area (Å²) >= 11 is 6.24. The van der Waals surface area contributed by atoms with E-state index in [4.69, 9.17) is 16.3 Å². The molecule has 0 amide bonds. The minimum Gasteiger partial charge on any atom is -0.490 e. The predicted octanol–water partition coefficient (Wildman–Crippen LogP) is 7.79. The molecule has 2 aromatic heterocycles. The zero-order chi connectivity index (χ0) is 22.6. The van der Waals surface area contributed by atoms with Crippen LogP contribution >= 0.6 is 11.6 Å². The Labute approximate surface area is 179 Å². The number of aromatic nitrogens is 2. The smallest absolute Gasteiger partial charge is 0.434 e. The number of hydrogen-bond donors (Lipinski definition) is 1. The molecule has 0 radical (unpaired) electrons. The average Bonchev–Trinajstić information content (AvgIpc) is 3.11. The molecule has 1 saturated carbocycles. The summed E-state index contributed by atoms with van der Waals surface area (Å²) < 4.78 is 75.3. The largest absolute Gasteiger partial charge is 0.490 e. The molecule has 10 heteroatoms. The number of nitrogens with zero attached hydrogens (tertiary/aromatic N) is 1. The fourth-order valence-corrected chi connectivity index (χ4v) is 3.91. The normalized spacial score (nSPS) is 15.1. The monoisotopic (exact) mass is 464 g/mol. The van der Waals surface area contributed by atoms with Gasteiger partial charge in [0.2, 0.25) is 0 Å². The fraction of sp³-hybridized carbons (Fsp3) is 0.381. The topological polar surface area (TPSA) is 37.9 Å². The quantitative estimate of drug-likeness (QED) is 0.402. The number of alkyl halides is 6. The van der Waals surface area contributed by atoms with Crippen molar-refractivity contribution in [3.05, 3.63) is 47.4 Å². The van der Waals surface area contributed by atoms with Crippen LogP contribution in [0.1, 0.15) is 37.8 Å². The number of aromatic amines is 1. The molecule has 3 aromatic rings. The van der Waals surface area contributed by atoms with Crippen LogP contribution in [-0.4, -0.2) is 22.8 Å². The van der Waals surface area contributed by atoms with Gasteiger partial charge in [-0.1, -0.05) is 18.0 Å². The van der Waals surface area contributed by atoms with Gasteiger partial charge in [0.1, 0.15) is 5.75 Å². The second-order valence-electron chi connectivity index (χ2n) is 7.08. The van der Waals surface area contributed by atoms with Gasteiger partial charge in [-0.15, -0.1) is 0 Å². The molecule has 0 unspecified atom stereocenters. The van der Waals surface area contributed by atoms with Crippen LogP contribution in [0, 0.1) is 0 Å². The van der Waals surface area contributed by atoms with Crippen LogP contribution < -0.4 is 4.74 Å². The Morgan fingerprint density at radius 1 is 1.06 bits per heavy atom. The van der Waals surface area contributed by atoms with Crippen LogP contribution in [0.4, 0.5) is 26.3 Å². The summed E-state index contributed by atoms with van der Waals surface area (Å²) in [6.45, 7) is -3.67. The summed E-state index contributed by atoms with van der Waals surface area (Å²) in [5, 5.41) is 0.459. The predicted molar refractivity (Wildman–Crippen MR) is 106 cm³/mol. The lowest BCUT2D eigenvalue weighted by atomic mass is 9.97. The van der Waals surface area contributed by atoms with Crippen molar-refractivity contribution in [2.24, 2.45) is 0 Å². The molecule has 168 valence electrons. The number of benzene rings is 1. The van der Waals surface area contributed by atoms with Gasteiger partial charge >= 0.3 is 12.9 Å². The van der Waals surface area contributed by atoms with Gasteiger partial charge < -0.3 is 9.72 Å². The van der Waals surface area contributed by atoms with Crippen molar-refractivity contribution in [1.29, 1.82) is 0 Å². The molecule has 1 N–H and O–H groups in total. The van der Waals surface area contributed by atoms with E-state index in [0.29, 0.717) is 27.4 Å². The maximum Gasteiger partial charge on any atom is 0.434 e. The SMILES string of the molecule is FC(F)(F)c1nccc2[nH]cc(-c3cc(Cl)cc(OC4CCCCC4)c3)c12.FC(F)F. The highest BCUT2D eigenvalue weighted by atomic mass is 35.5. The fourth-order valence-electron chi connectivity index (χ4n) is 3.68. The van der Waals surface area contributed by atoms with Crippen LogP contribution in [0.5, 0.6) is 5.75 Å². The molecule has 31 heavy (non-hydrogen) atoms. The highest BCUT2D eigenvalue weighted by molar-refractivity contribution is 6.31. The maximum atomic E-state index is 13.4. The number of fused-ring (bicyclic) bond motifs is 1. The summed E-state index contributed by atoms with van der Waals surface area (Å²) in [7, 11) is 0. The van der Waals surface area contributed by atoms with E-state index in [1.807, 2.05) is 0 Å². The number of halogens is 7. The van der Waals surface area contributed by atoms with Gasteiger partial charge in [0, 0.05) is 33.9 Å². The van der Waals surface area contributed by atoms with E-state index < -0.39 is 18.5 Å². The molecular formula is C21H19ClF6N2O. The van der Waals surface area contributed by atoms with Gasteiger partial charge in [-0.25, -0.2) is 0 Å². The lowest BCUT2D eigenvalue weighted by Gasteiger charge is -2.23. The number of H-pyrrole nitrogens is 1. The first kappa shape index (κ1) is 23.2. The van der Waals surface area contributed by atoms with Crippen LogP contribution in [0.15, 0.2) is 36.7 Å². The van der Waals surface area contributed by atoms with Crippen molar-refractivity contribution in [3.63, 3.8) is 0 Å². The van der Waals surface area contributed by atoms with E-state index in [1.54, 1.807) is 24.4 Å². The summed E-state index contributed by atoms with van der Waals surface area (Å²) in [5.41, 5.74) is 0.438. The van der Waals surface area contributed by atoms with Crippen molar-refractivity contribution < 1.29 is 31.1 Å². The van der Waals surface area contributed by atoms with Gasteiger partial charge in [0.15, 0.2) is 5.69 Å². The van der Waals surface area contributed by atoms with E-state index in [1.165, 1.54) is 12.5 Å². The molecular weight excluding hydrogens is 446 g/mol. The number of hydrogen-bond acceptors (Lipinski definition) is 2. The molecule has 0 bridgehead atoms. The van der Waals surface area contributed by atoms with Gasteiger partial charge in [-0.3, -0.25) is 4.98 Å². The Bertz CT molecular complexity index is 1010. The molecule has 1 fully saturated rings. The number of rotatable bonds is 3. The Kier molecular flexibility index (Phi) is 7.35. The third-order valence-corrected chi connectivity index (χ3v) is 5.12. The molecule has 1 aliphatic rings. The molecule has 3 nitrogen and oxygen atoms in total. The minimum atomic E-state index is -4.55. The van der Waals surface area contributed by atoms with E-state index >= 15 is 0 Å². The Hall–Kier alpha value is -2.42. The highest BCUT2D eigenvalue weighted by Crippen LogP contribution is 2.40. The highest BCUT2D eigenvalue weighted by Gasteiger charge is 2.36. The molecule has 1 aromatic carbocycles. The lowest BCUT2D eigenvalue weighted by Crippen LogP contribution is -2.19. The number of nitrogens with one attached hydrogen (secondary N) is 1. The van der Waals surface area contributed by atoms with Crippen LogP contribution in [-0.2, 0) is 6.18 Å². The van der Waals surface area contributed by atoms with Crippen LogP contribution in [0.2, 0.25) is 5.02 Å². The van der Waals surface area contributed by atoms with Crippen LogP contribution in [0.3, 0.4) is 0 Å². The van der Waals surface area contributed by atoms with Crippen molar-refractivity contribution in [2.45, 2.75) is 51.1 Å². The Balaban J connectivity index is 0.000000628. The van der Waals surface area contributed by atoms with E-state index in [-0.39, 0.29) is 11.5 Å². The summed E-state index contributed by atoms with van der Waals surface area (Å²) in [6.07, 6.45) is 3.72. The maximum absolute atomic E-state index is 13.4. The average molecular weight is 465 g/mol. The number of ether oxygens (including phenoxy) is 1. The Morgan fingerprint density at radius 2 is 1.74 bits per heavy atom. The third kappa shape index (κ3) is 6.06. The van der Waals surface area contributed by atoms with Crippen molar-refractivity contribution in [2.75, 3.05) is 0 Å². The standard InChI is InChI=1S/C20H18ClF3N2O.CHF3/c21-13-8-12(9-15(10-13)27-14-4-2-1-3-5-14)16-11-26-17-6-7-25-19(18(16)17)20(22,23)24;2-1(3)4/h6-11,14,26H,1-5H2;1H. The summed E-state index contributed by atoms with van der Waals surface area (Å²) in [5.74, 6) is 0.580. The molecule has 0 aliphatic heterocycles. The summed E-state index contributed by atoms with van der Waals surface area (Å²) in [6, 6.07) is 6.62. The molecule has 0 saturated heterocycles. The molecule has 2 heterocycles. The van der Waals surface area contributed by atoms with Crippen LogP contribution in [0.25, 0.3) is 22.0 Å². The Morgan fingerprint density at radius 3 is 2.39 bits per heavy atom. The molecule has 0 atom stereocenters.